The van der Waals surface area contributed by atoms with Gasteiger partial charge in [-0.05, 0) is 35.4 Å². The summed E-state index contributed by atoms with van der Waals surface area (Å²) in [7, 11) is 1.34. The average molecular weight is 431 g/mol. The largest absolute Gasteiger partial charge is 0.486 e. The van der Waals surface area contributed by atoms with Gasteiger partial charge in [-0.3, -0.25) is 9.69 Å². The minimum atomic E-state index is -0.427. The Morgan fingerprint density at radius 3 is 2.84 bits per heavy atom. The molecule has 164 valence electrons. The molecule has 0 radical (unpaired) electrons. The number of aromatic nitrogens is 1. The van der Waals surface area contributed by atoms with Crippen molar-refractivity contribution in [2.45, 2.75) is 31.4 Å². The van der Waals surface area contributed by atoms with Crippen LogP contribution < -0.4 is 4.74 Å². The summed E-state index contributed by atoms with van der Waals surface area (Å²) >= 11 is 0. The molecular weight excluding hydrogens is 404 g/mol. The van der Waals surface area contributed by atoms with Crippen LogP contribution in [0.25, 0.3) is 17.0 Å². The number of methoxy groups -OCH3 is 1. The number of nitrogens with zero attached hydrogens (tertiary/aromatic N) is 1. The molecule has 0 atom stereocenters. The van der Waals surface area contributed by atoms with Crippen LogP contribution in [-0.2, 0) is 16.1 Å². The number of esters is 1. The van der Waals surface area contributed by atoms with Crippen LogP contribution in [-0.4, -0.2) is 47.4 Å². The molecule has 1 N–H and O–H groups in total. The predicted molar refractivity (Wildman–Crippen MR) is 123 cm³/mol. The van der Waals surface area contributed by atoms with Crippen LogP contribution in [0.2, 0.25) is 0 Å². The van der Waals surface area contributed by atoms with Gasteiger partial charge in [0.15, 0.2) is 5.78 Å². The zero-order chi connectivity index (χ0) is 22.1. The standard InChI is InChI=1S/C26H26N2O4/c1-31-25(30)9-7-18-6-8-24-21(14-18)23(29)15-26(32-24)10-12-28(13-11-26)17-19-16-27-22-5-3-2-4-20(19)22/h2-9,14,16,27H,10-13,15,17H2,1H3. The number of H-pyrrole nitrogens is 1. The Morgan fingerprint density at radius 1 is 1.22 bits per heavy atom. The van der Waals surface area contributed by atoms with Crippen molar-refractivity contribution < 1.29 is 19.1 Å². The normalized spacial score (nSPS) is 18.1. The molecule has 1 aromatic heterocycles. The number of ether oxygens (including phenoxy) is 2. The van der Waals surface area contributed by atoms with E-state index in [1.54, 1.807) is 12.1 Å². The summed E-state index contributed by atoms with van der Waals surface area (Å²) in [6.45, 7) is 2.67. The number of carbonyl (C=O) groups excluding carboxylic acids is 2. The van der Waals surface area contributed by atoms with Gasteiger partial charge in [-0.2, -0.15) is 0 Å². The molecule has 1 saturated heterocycles. The SMILES string of the molecule is COC(=O)C=Cc1ccc2c(c1)C(=O)CC1(CCN(Cc3c[nH]c4ccccc34)CC1)O2. The van der Waals surface area contributed by atoms with E-state index >= 15 is 0 Å². The van der Waals surface area contributed by atoms with Gasteiger partial charge >= 0.3 is 5.97 Å². The smallest absolute Gasteiger partial charge is 0.330 e. The second-order valence-corrected chi connectivity index (χ2v) is 8.63. The minimum Gasteiger partial charge on any atom is -0.486 e. The molecule has 0 unspecified atom stereocenters. The maximum Gasteiger partial charge on any atom is 0.330 e. The number of nitrogens with one attached hydrogen (secondary N) is 1. The first kappa shape index (κ1) is 20.5. The molecule has 5 rings (SSSR count). The highest BCUT2D eigenvalue weighted by atomic mass is 16.5. The van der Waals surface area contributed by atoms with E-state index in [1.807, 2.05) is 18.2 Å². The maximum absolute atomic E-state index is 13.0. The third-order valence-corrected chi connectivity index (χ3v) is 6.56. The van der Waals surface area contributed by atoms with E-state index in [-0.39, 0.29) is 5.78 Å². The molecule has 0 aliphatic carbocycles. The van der Waals surface area contributed by atoms with Gasteiger partial charge in [-0.15, -0.1) is 0 Å². The van der Waals surface area contributed by atoms with Gasteiger partial charge in [-0.1, -0.05) is 24.3 Å². The molecule has 1 fully saturated rings. The molecule has 3 heterocycles. The number of Topliss-reactive ketones (excluding diaryl/α,β-unsaturated/α-hetero) is 1. The van der Waals surface area contributed by atoms with E-state index in [2.05, 4.69) is 39.0 Å². The average Bonchev–Trinajstić information content (AvgIpc) is 3.22. The predicted octanol–water partition coefficient (Wildman–Crippen LogP) is 4.35. The van der Waals surface area contributed by atoms with Crippen LogP contribution in [0.4, 0.5) is 0 Å². The summed E-state index contributed by atoms with van der Waals surface area (Å²) in [6.07, 6.45) is 7.13. The lowest BCUT2D eigenvalue weighted by Crippen LogP contribution is -2.50. The third kappa shape index (κ3) is 3.94. The van der Waals surface area contributed by atoms with Gasteiger partial charge in [0, 0.05) is 55.7 Å². The van der Waals surface area contributed by atoms with E-state index in [0.29, 0.717) is 17.7 Å². The van der Waals surface area contributed by atoms with Crippen molar-refractivity contribution in [3.8, 4) is 5.75 Å². The maximum atomic E-state index is 13.0. The first-order valence-corrected chi connectivity index (χ1v) is 10.9. The van der Waals surface area contributed by atoms with Gasteiger partial charge in [-0.25, -0.2) is 4.79 Å². The van der Waals surface area contributed by atoms with Crippen LogP contribution in [0.5, 0.6) is 5.75 Å². The summed E-state index contributed by atoms with van der Waals surface area (Å²) in [5.41, 5.74) is 3.40. The Hall–Kier alpha value is -3.38. The number of rotatable bonds is 4. The fourth-order valence-electron chi connectivity index (χ4n) is 4.75. The van der Waals surface area contributed by atoms with Gasteiger partial charge in [0.25, 0.3) is 0 Å². The minimum absolute atomic E-state index is 0.102. The number of hydrogen-bond donors (Lipinski definition) is 1. The van der Waals surface area contributed by atoms with Gasteiger partial charge < -0.3 is 14.5 Å². The van der Waals surface area contributed by atoms with Gasteiger partial charge in [0.05, 0.1) is 19.1 Å². The molecule has 3 aromatic rings. The van der Waals surface area contributed by atoms with Crippen LogP contribution in [0, 0.1) is 0 Å². The molecule has 2 aromatic carbocycles. The summed E-state index contributed by atoms with van der Waals surface area (Å²) in [6, 6.07) is 13.8. The van der Waals surface area contributed by atoms with Crippen molar-refractivity contribution in [3.05, 3.63) is 71.4 Å². The molecule has 6 nitrogen and oxygen atoms in total. The Bertz CT molecular complexity index is 1200. The van der Waals surface area contributed by atoms with E-state index in [4.69, 9.17) is 4.74 Å². The molecule has 2 aliphatic rings. The number of benzene rings is 2. The van der Waals surface area contributed by atoms with Crippen molar-refractivity contribution in [1.82, 2.24) is 9.88 Å². The zero-order valence-corrected chi connectivity index (χ0v) is 18.1. The second kappa shape index (κ2) is 8.28. The van der Waals surface area contributed by atoms with Crippen LogP contribution in [0.15, 0.2) is 54.7 Å². The van der Waals surface area contributed by atoms with Gasteiger partial charge in [0.1, 0.15) is 11.4 Å². The fourth-order valence-corrected chi connectivity index (χ4v) is 4.75. The molecule has 6 heteroatoms. The van der Waals surface area contributed by atoms with Crippen molar-refractivity contribution in [2.75, 3.05) is 20.2 Å². The van der Waals surface area contributed by atoms with E-state index in [1.165, 1.54) is 24.1 Å². The number of ketones is 1. The first-order chi connectivity index (χ1) is 15.5. The van der Waals surface area contributed by atoms with Crippen LogP contribution in [0.3, 0.4) is 0 Å². The summed E-state index contributed by atoms with van der Waals surface area (Å²) in [5.74, 6) is 0.315. The number of likely N-dealkylation sites (tertiary alicyclic amines) is 1. The Labute approximate surface area is 186 Å². The molecule has 2 aliphatic heterocycles. The van der Waals surface area contributed by atoms with Crippen molar-refractivity contribution in [2.24, 2.45) is 0 Å². The first-order valence-electron chi connectivity index (χ1n) is 10.9. The van der Waals surface area contributed by atoms with Crippen molar-refractivity contribution in [3.63, 3.8) is 0 Å². The lowest BCUT2D eigenvalue weighted by atomic mass is 9.82. The number of hydrogen-bond acceptors (Lipinski definition) is 5. The van der Waals surface area contributed by atoms with Gasteiger partial charge in [0.2, 0.25) is 0 Å². The zero-order valence-electron chi connectivity index (χ0n) is 18.1. The second-order valence-electron chi connectivity index (χ2n) is 8.63. The Kier molecular flexibility index (Phi) is 5.31. The van der Waals surface area contributed by atoms with E-state index in [9.17, 15) is 9.59 Å². The highest BCUT2D eigenvalue weighted by Crippen LogP contribution is 2.40. The highest BCUT2D eigenvalue weighted by molar-refractivity contribution is 6.01. The number of aromatic amines is 1. The molecule has 1 spiro atoms. The number of fused-ring (bicyclic) bond motifs is 2. The van der Waals surface area contributed by atoms with E-state index < -0.39 is 11.6 Å². The quantitative estimate of drug-likeness (QED) is 0.492. The Balaban J connectivity index is 1.26. The molecular formula is C26H26N2O4. The van der Waals surface area contributed by atoms with Crippen LogP contribution in [0.1, 0.15) is 40.7 Å². The lowest BCUT2D eigenvalue weighted by molar-refractivity contribution is -0.134. The number of para-hydroxylation sites is 1. The monoisotopic (exact) mass is 430 g/mol. The third-order valence-electron chi connectivity index (χ3n) is 6.56. The molecule has 32 heavy (non-hydrogen) atoms. The molecule has 0 amide bonds. The summed E-state index contributed by atoms with van der Waals surface area (Å²) < 4.78 is 11.0. The van der Waals surface area contributed by atoms with Crippen molar-refractivity contribution in [1.29, 1.82) is 0 Å². The highest BCUT2D eigenvalue weighted by Gasteiger charge is 2.42. The fraction of sp³-hybridized carbons (Fsp3) is 0.308. The Morgan fingerprint density at radius 2 is 2.03 bits per heavy atom. The van der Waals surface area contributed by atoms with Crippen LogP contribution >= 0.6 is 0 Å². The summed E-state index contributed by atoms with van der Waals surface area (Å²) in [5, 5.41) is 1.27. The summed E-state index contributed by atoms with van der Waals surface area (Å²) in [4.78, 5) is 30.1. The van der Waals surface area contributed by atoms with Crippen molar-refractivity contribution >= 4 is 28.7 Å². The number of carbonyl (C=O) groups is 2. The molecule has 0 saturated carbocycles. The topological polar surface area (TPSA) is 71.6 Å². The van der Waals surface area contributed by atoms with E-state index in [0.717, 1.165) is 43.6 Å². The molecule has 0 bridgehead atoms. The lowest BCUT2D eigenvalue weighted by Gasteiger charge is -2.44. The number of piperidine rings is 1.